The molecule has 2 rings (SSSR count). The van der Waals surface area contributed by atoms with Gasteiger partial charge in [0.2, 0.25) is 0 Å². The Morgan fingerprint density at radius 1 is 1.60 bits per heavy atom. The minimum atomic E-state index is 0.160. The van der Waals surface area contributed by atoms with E-state index in [9.17, 15) is 0 Å². The van der Waals surface area contributed by atoms with Crippen LogP contribution in [0.5, 0.6) is 0 Å². The molecule has 0 aliphatic carbocycles. The van der Waals surface area contributed by atoms with Crippen LogP contribution in [0.3, 0.4) is 0 Å². The molecule has 0 spiro atoms. The van der Waals surface area contributed by atoms with Gasteiger partial charge in [-0.15, -0.1) is 11.3 Å². The molecule has 4 heteroatoms. The molecule has 0 aliphatic heterocycles. The summed E-state index contributed by atoms with van der Waals surface area (Å²) in [7, 11) is 0. The third-order valence-corrected chi connectivity index (χ3v) is 3.23. The Morgan fingerprint density at radius 2 is 2.47 bits per heavy atom. The molecule has 0 radical (unpaired) electrons. The number of aromatic nitrogens is 2. The Balaban J connectivity index is 2.07. The molecular weight excluding hydrogens is 206 g/mol. The fourth-order valence-electron chi connectivity index (χ4n) is 1.51. The van der Waals surface area contributed by atoms with E-state index >= 15 is 0 Å². The molecule has 0 aromatic carbocycles. The zero-order valence-corrected chi connectivity index (χ0v) is 9.57. The molecule has 0 saturated heterocycles. The van der Waals surface area contributed by atoms with E-state index in [1.807, 2.05) is 11.7 Å². The fraction of sp³-hybridized carbons (Fsp3) is 0.364. The molecule has 0 fully saturated rings. The lowest BCUT2D eigenvalue weighted by Crippen LogP contribution is -2.07. The van der Waals surface area contributed by atoms with E-state index in [1.54, 1.807) is 11.3 Å². The van der Waals surface area contributed by atoms with Crippen LogP contribution in [0.1, 0.15) is 29.8 Å². The minimum Gasteiger partial charge on any atom is -0.349 e. The lowest BCUT2D eigenvalue weighted by atomic mass is 10.1. The fourth-order valence-corrected chi connectivity index (χ4v) is 2.12. The highest BCUT2D eigenvalue weighted by Crippen LogP contribution is 2.15. The predicted molar refractivity (Wildman–Crippen MR) is 62.9 cm³/mol. The molecule has 2 aromatic rings. The molecule has 1 unspecified atom stereocenters. The SMILES string of the molecule is CCC(N)c1ccn(Cc2cncs2)c1. The second kappa shape index (κ2) is 4.59. The third-order valence-electron chi connectivity index (χ3n) is 2.46. The van der Waals surface area contributed by atoms with Crippen LogP contribution in [-0.4, -0.2) is 9.55 Å². The molecule has 80 valence electrons. The third kappa shape index (κ3) is 2.46. The lowest BCUT2D eigenvalue weighted by Gasteiger charge is -2.05. The zero-order chi connectivity index (χ0) is 10.7. The highest BCUT2D eigenvalue weighted by Gasteiger charge is 2.05. The van der Waals surface area contributed by atoms with Gasteiger partial charge in [0.05, 0.1) is 12.1 Å². The van der Waals surface area contributed by atoms with Gasteiger partial charge in [0, 0.05) is 29.5 Å². The quantitative estimate of drug-likeness (QED) is 0.861. The monoisotopic (exact) mass is 221 g/mol. The van der Waals surface area contributed by atoms with Gasteiger partial charge < -0.3 is 10.3 Å². The van der Waals surface area contributed by atoms with Gasteiger partial charge in [-0.25, -0.2) is 0 Å². The van der Waals surface area contributed by atoms with Crippen LogP contribution < -0.4 is 5.73 Å². The van der Waals surface area contributed by atoms with Crippen LogP contribution in [0.2, 0.25) is 0 Å². The van der Waals surface area contributed by atoms with E-state index in [-0.39, 0.29) is 6.04 Å². The van der Waals surface area contributed by atoms with Crippen molar-refractivity contribution < 1.29 is 0 Å². The highest BCUT2D eigenvalue weighted by molar-refractivity contribution is 7.09. The Hall–Kier alpha value is -1.13. The summed E-state index contributed by atoms with van der Waals surface area (Å²) in [4.78, 5) is 5.32. The van der Waals surface area contributed by atoms with Gasteiger partial charge in [-0.05, 0) is 18.1 Å². The first-order chi connectivity index (χ1) is 7.29. The van der Waals surface area contributed by atoms with Crippen molar-refractivity contribution in [3.8, 4) is 0 Å². The smallest absolute Gasteiger partial charge is 0.0794 e. The second-order valence-corrected chi connectivity index (χ2v) is 4.57. The summed E-state index contributed by atoms with van der Waals surface area (Å²) in [5, 5.41) is 0. The predicted octanol–water partition coefficient (Wildman–Crippen LogP) is 2.40. The van der Waals surface area contributed by atoms with Gasteiger partial charge in [0.15, 0.2) is 0 Å². The summed E-state index contributed by atoms with van der Waals surface area (Å²) in [6, 6.07) is 2.25. The van der Waals surface area contributed by atoms with Crippen molar-refractivity contribution in [2.75, 3.05) is 0 Å². The number of nitrogens with zero attached hydrogens (tertiary/aromatic N) is 2. The Morgan fingerprint density at radius 3 is 3.13 bits per heavy atom. The van der Waals surface area contributed by atoms with Gasteiger partial charge in [-0.1, -0.05) is 6.92 Å². The van der Waals surface area contributed by atoms with Crippen LogP contribution >= 0.6 is 11.3 Å². The number of nitrogens with two attached hydrogens (primary N) is 1. The Labute approximate surface area is 93.6 Å². The van der Waals surface area contributed by atoms with E-state index in [0.29, 0.717) is 0 Å². The maximum atomic E-state index is 5.96. The molecule has 0 amide bonds. The zero-order valence-electron chi connectivity index (χ0n) is 8.76. The van der Waals surface area contributed by atoms with Crippen LogP contribution in [0.15, 0.2) is 30.2 Å². The van der Waals surface area contributed by atoms with E-state index < -0.39 is 0 Å². The Bertz CT molecular complexity index is 405. The topological polar surface area (TPSA) is 43.8 Å². The first-order valence-corrected chi connectivity index (χ1v) is 5.96. The molecule has 2 N–H and O–H groups in total. The summed E-state index contributed by atoms with van der Waals surface area (Å²) in [5.41, 5.74) is 9.03. The molecule has 2 heterocycles. The van der Waals surface area contributed by atoms with Crippen molar-refractivity contribution >= 4 is 11.3 Å². The van der Waals surface area contributed by atoms with Gasteiger partial charge in [-0.2, -0.15) is 0 Å². The first kappa shape index (κ1) is 10.4. The van der Waals surface area contributed by atoms with Gasteiger partial charge in [0.1, 0.15) is 0 Å². The van der Waals surface area contributed by atoms with E-state index in [1.165, 1.54) is 10.4 Å². The molecule has 1 atom stereocenters. The maximum Gasteiger partial charge on any atom is 0.0794 e. The van der Waals surface area contributed by atoms with Crippen LogP contribution in [0.25, 0.3) is 0 Å². The van der Waals surface area contributed by atoms with Crippen LogP contribution in [0, 0.1) is 0 Å². The lowest BCUT2D eigenvalue weighted by molar-refractivity contribution is 0.693. The first-order valence-electron chi connectivity index (χ1n) is 5.08. The molecule has 0 bridgehead atoms. The highest BCUT2D eigenvalue weighted by atomic mass is 32.1. The maximum absolute atomic E-state index is 5.96. The number of thiazole rings is 1. The standard InChI is InChI=1S/C11H15N3S/c1-2-11(12)9-3-4-14(6-9)7-10-5-13-8-15-10/h3-6,8,11H,2,7,12H2,1H3. The summed E-state index contributed by atoms with van der Waals surface area (Å²) < 4.78 is 2.15. The minimum absolute atomic E-state index is 0.160. The van der Waals surface area contributed by atoms with Gasteiger partial charge in [0.25, 0.3) is 0 Å². The van der Waals surface area contributed by atoms with Crippen molar-refractivity contribution in [3.63, 3.8) is 0 Å². The van der Waals surface area contributed by atoms with E-state index in [0.717, 1.165) is 13.0 Å². The van der Waals surface area contributed by atoms with Crippen molar-refractivity contribution in [1.29, 1.82) is 0 Å². The summed E-state index contributed by atoms with van der Waals surface area (Å²) >= 11 is 1.68. The van der Waals surface area contributed by atoms with Crippen molar-refractivity contribution in [2.24, 2.45) is 5.73 Å². The summed E-state index contributed by atoms with van der Waals surface area (Å²) in [6.45, 7) is 2.99. The van der Waals surface area contributed by atoms with Gasteiger partial charge in [-0.3, -0.25) is 4.98 Å². The average molecular weight is 221 g/mol. The van der Waals surface area contributed by atoms with Crippen LogP contribution in [0.4, 0.5) is 0 Å². The molecule has 0 saturated carbocycles. The molecule has 0 aliphatic rings. The normalized spacial score (nSPS) is 12.9. The molecule has 3 nitrogen and oxygen atoms in total. The van der Waals surface area contributed by atoms with Crippen LogP contribution in [-0.2, 0) is 6.54 Å². The largest absolute Gasteiger partial charge is 0.349 e. The van der Waals surface area contributed by atoms with Crippen molar-refractivity contribution in [3.05, 3.63) is 40.6 Å². The summed E-state index contributed by atoms with van der Waals surface area (Å²) in [6.07, 6.45) is 7.08. The summed E-state index contributed by atoms with van der Waals surface area (Å²) in [5.74, 6) is 0. The number of rotatable bonds is 4. The van der Waals surface area contributed by atoms with E-state index in [2.05, 4.69) is 34.9 Å². The van der Waals surface area contributed by atoms with E-state index in [4.69, 9.17) is 5.73 Å². The number of hydrogen-bond acceptors (Lipinski definition) is 3. The second-order valence-electron chi connectivity index (χ2n) is 3.60. The molecule has 2 aromatic heterocycles. The molecular formula is C11H15N3S. The van der Waals surface area contributed by atoms with Gasteiger partial charge >= 0.3 is 0 Å². The van der Waals surface area contributed by atoms with Crippen molar-refractivity contribution in [2.45, 2.75) is 25.9 Å². The van der Waals surface area contributed by atoms with Crippen molar-refractivity contribution in [1.82, 2.24) is 9.55 Å². The number of hydrogen-bond donors (Lipinski definition) is 1. The Kier molecular flexibility index (Phi) is 3.18. The average Bonchev–Trinajstić information content (AvgIpc) is 2.88. The molecule has 15 heavy (non-hydrogen) atoms.